The van der Waals surface area contributed by atoms with Crippen molar-refractivity contribution in [3.8, 4) is 5.69 Å². The zero-order valence-corrected chi connectivity index (χ0v) is 27.0. The first-order valence-corrected chi connectivity index (χ1v) is 14.7. The molecule has 1 aromatic heterocycles. The fourth-order valence-electron chi connectivity index (χ4n) is 4.66. The van der Waals surface area contributed by atoms with Crippen LogP contribution in [-0.4, -0.2) is 36.8 Å². The van der Waals surface area contributed by atoms with Gasteiger partial charge in [0.2, 0.25) is 5.91 Å². The van der Waals surface area contributed by atoms with Crippen molar-refractivity contribution >= 4 is 35.0 Å². The Balaban J connectivity index is 0.000000181. The van der Waals surface area contributed by atoms with Gasteiger partial charge in [-0.25, -0.2) is 4.79 Å². The van der Waals surface area contributed by atoms with Gasteiger partial charge in [-0.2, -0.15) is 0 Å². The number of anilines is 2. The van der Waals surface area contributed by atoms with E-state index >= 15 is 0 Å². The smallest absolute Gasteiger partial charge is 0.414 e. The zero-order chi connectivity index (χ0) is 32.4. The molecule has 230 valence electrons. The van der Waals surface area contributed by atoms with Crippen molar-refractivity contribution in [2.24, 2.45) is 0 Å². The number of ether oxygens (including phenoxy) is 1. The van der Waals surface area contributed by atoms with Crippen LogP contribution < -0.4 is 15.4 Å². The number of nitrogens with zero attached hydrogens (tertiary/aromatic N) is 3. The van der Waals surface area contributed by atoms with Gasteiger partial charge in [-0.15, -0.1) is 0 Å². The van der Waals surface area contributed by atoms with Crippen LogP contribution in [0.4, 0.5) is 16.2 Å². The lowest BCUT2D eigenvalue weighted by atomic mass is 10.1. The second-order valence-electron chi connectivity index (χ2n) is 10.6. The summed E-state index contributed by atoms with van der Waals surface area (Å²) in [5.41, 5.74) is 8.12. The molecule has 1 aliphatic heterocycles. The van der Waals surface area contributed by atoms with Crippen molar-refractivity contribution in [2.75, 3.05) is 30.0 Å². The molecule has 0 saturated carbocycles. The van der Waals surface area contributed by atoms with Crippen molar-refractivity contribution in [3.05, 3.63) is 135 Å². The highest BCUT2D eigenvalue weighted by Gasteiger charge is 2.23. The number of pyridine rings is 1. The van der Waals surface area contributed by atoms with Gasteiger partial charge in [0.25, 0.3) is 5.56 Å². The number of aryl methyl sites for hydroxylation is 5. The third kappa shape index (κ3) is 8.94. The Labute approximate surface area is 265 Å². The summed E-state index contributed by atoms with van der Waals surface area (Å²) in [4.78, 5) is 37.7. The van der Waals surface area contributed by atoms with E-state index in [0.717, 1.165) is 40.3 Å². The molecule has 7 nitrogen and oxygen atoms in total. The minimum atomic E-state index is -0.313. The van der Waals surface area contributed by atoms with E-state index < -0.39 is 0 Å². The molecule has 0 atom stereocenters. The predicted molar refractivity (Wildman–Crippen MR) is 181 cm³/mol. The summed E-state index contributed by atoms with van der Waals surface area (Å²) in [6, 6.07) is 24.9. The van der Waals surface area contributed by atoms with Gasteiger partial charge >= 0.3 is 6.09 Å². The molecule has 3 aromatic carbocycles. The van der Waals surface area contributed by atoms with E-state index in [4.69, 9.17) is 16.3 Å². The molecule has 0 radical (unpaired) electrons. The van der Waals surface area contributed by atoms with Crippen LogP contribution in [0.15, 0.2) is 96.3 Å². The first-order chi connectivity index (χ1) is 20.9. The van der Waals surface area contributed by atoms with Crippen molar-refractivity contribution in [1.29, 1.82) is 0 Å². The van der Waals surface area contributed by atoms with Crippen LogP contribution in [0.25, 0.3) is 5.69 Å². The fraction of sp³-hybridized carbons (Fsp3) is 0.250. The maximum atomic E-state index is 11.7. The number of likely N-dealkylation sites (N-methyl/N-ethyl adjacent to an activating group) is 1. The Morgan fingerprint density at radius 3 is 2.11 bits per heavy atom. The summed E-state index contributed by atoms with van der Waals surface area (Å²) in [6.45, 7) is 14.6. The molecule has 4 aromatic rings. The van der Waals surface area contributed by atoms with E-state index in [9.17, 15) is 14.4 Å². The van der Waals surface area contributed by atoms with Gasteiger partial charge in [-0.05, 0) is 94.6 Å². The summed E-state index contributed by atoms with van der Waals surface area (Å²) >= 11 is 6.08. The normalized spacial score (nSPS) is 12.2. The molecule has 1 saturated heterocycles. The predicted octanol–water partition coefficient (Wildman–Crippen LogP) is 7.90. The molecule has 0 N–H and O–H groups in total. The lowest BCUT2D eigenvalue weighted by Gasteiger charge is -2.27. The summed E-state index contributed by atoms with van der Waals surface area (Å²) < 4.78 is 6.67. The summed E-state index contributed by atoms with van der Waals surface area (Å²) in [7, 11) is 1.75. The number of halogens is 1. The van der Waals surface area contributed by atoms with Crippen LogP contribution in [0.1, 0.15) is 34.4 Å². The van der Waals surface area contributed by atoms with Crippen LogP contribution in [0.3, 0.4) is 0 Å². The zero-order valence-electron chi connectivity index (χ0n) is 26.3. The van der Waals surface area contributed by atoms with Gasteiger partial charge in [0, 0.05) is 36.7 Å². The Morgan fingerprint density at radius 1 is 0.886 bits per heavy atom. The van der Waals surface area contributed by atoms with E-state index in [-0.39, 0.29) is 17.6 Å². The lowest BCUT2D eigenvalue weighted by molar-refractivity contribution is -0.113. The van der Waals surface area contributed by atoms with Gasteiger partial charge in [0.15, 0.2) is 0 Å². The van der Waals surface area contributed by atoms with Gasteiger partial charge < -0.3 is 9.64 Å². The quantitative estimate of drug-likeness (QED) is 0.219. The van der Waals surface area contributed by atoms with Crippen molar-refractivity contribution in [1.82, 2.24) is 4.57 Å². The Hall–Kier alpha value is -4.62. The average Bonchev–Trinajstić information content (AvgIpc) is 2.98. The third-order valence-corrected chi connectivity index (χ3v) is 7.33. The van der Waals surface area contributed by atoms with Crippen molar-refractivity contribution in [3.63, 3.8) is 0 Å². The number of benzene rings is 3. The Morgan fingerprint density at radius 2 is 1.52 bits per heavy atom. The SMILES string of the molecule is C=CC(=O)N(C)c1ccc(C)cc1C.Cc1ccc(-n2c(C)cccc2=O)cc1.Cc1ccc(N2CCCOC2=O)c(Cl)c1. The number of aromatic nitrogens is 1. The van der Waals surface area contributed by atoms with E-state index in [0.29, 0.717) is 18.2 Å². The highest BCUT2D eigenvalue weighted by molar-refractivity contribution is 6.33. The highest BCUT2D eigenvalue weighted by atomic mass is 35.5. The minimum Gasteiger partial charge on any atom is -0.449 e. The summed E-state index contributed by atoms with van der Waals surface area (Å²) in [6.07, 6.45) is 1.85. The topological polar surface area (TPSA) is 71.8 Å². The number of hydrogen-bond donors (Lipinski definition) is 0. The molecule has 0 bridgehead atoms. The molecule has 0 unspecified atom stereocenters. The molecular formula is C36H40ClN3O4. The maximum Gasteiger partial charge on any atom is 0.414 e. The second-order valence-corrected chi connectivity index (χ2v) is 11.0. The molecule has 0 spiro atoms. The second kappa shape index (κ2) is 15.7. The molecule has 2 heterocycles. The van der Waals surface area contributed by atoms with Gasteiger partial charge in [0.05, 0.1) is 17.3 Å². The molecule has 44 heavy (non-hydrogen) atoms. The van der Waals surface area contributed by atoms with E-state index in [1.165, 1.54) is 17.2 Å². The first kappa shape index (κ1) is 33.9. The maximum absolute atomic E-state index is 11.7. The Kier molecular flexibility index (Phi) is 12.1. The Bertz CT molecular complexity index is 1680. The van der Waals surface area contributed by atoms with Crippen LogP contribution in [0.2, 0.25) is 5.02 Å². The standard InChI is InChI=1S/C13H13NO.C12H15NO.C11H12ClNO2/c1-10-6-8-12(9-7-10)14-11(2)4-3-5-13(14)15;1-5-12(14)13(4)11-7-6-9(2)8-10(11)3;1-8-3-4-10(9(12)7-8)13-5-2-6-15-11(13)14/h3-9H,1-2H3;5-8H,1H2,2-4H3;3-4,7H,2,5-6H2,1H3. The van der Waals surface area contributed by atoms with E-state index in [1.54, 1.807) is 33.5 Å². The number of rotatable bonds is 4. The monoisotopic (exact) mass is 613 g/mol. The molecule has 5 rings (SSSR count). The molecule has 2 amide bonds. The van der Waals surface area contributed by atoms with Gasteiger partial charge in [-0.3, -0.25) is 19.1 Å². The van der Waals surface area contributed by atoms with Crippen molar-refractivity contribution < 1.29 is 14.3 Å². The minimum absolute atomic E-state index is 0.0128. The van der Waals surface area contributed by atoms with Crippen LogP contribution in [-0.2, 0) is 9.53 Å². The van der Waals surface area contributed by atoms with Crippen LogP contribution in [0.5, 0.6) is 0 Å². The van der Waals surface area contributed by atoms with E-state index in [1.807, 2.05) is 95.3 Å². The fourth-order valence-corrected chi connectivity index (χ4v) is 4.99. The highest BCUT2D eigenvalue weighted by Crippen LogP contribution is 2.28. The molecule has 1 aliphatic rings. The van der Waals surface area contributed by atoms with Gasteiger partial charge in [-0.1, -0.05) is 65.7 Å². The van der Waals surface area contributed by atoms with Crippen LogP contribution >= 0.6 is 11.6 Å². The number of carbonyl (C=O) groups excluding carboxylic acids is 2. The number of amides is 2. The molecular weight excluding hydrogens is 574 g/mol. The molecule has 8 heteroatoms. The number of cyclic esters (lactones) is 1. The number of carbonyl (C=O) groups is 2. The largest absolute Gasteiger partial charge is 0.449 e. The van der Waals surface area contributed by atoms with E-state index in [2.05, 4.69) is 12.6 Å². The van der Waals surface area contributed by atoms with Crippen molar-refractivity contribution in [2.45, 2.75) is 41.0 Å². The van der Waals surface area contributed by atoms with Crippen LogP contribution in [0, 0.1) is 34.6 Å². The summed E-state index contributed by atoms with van der Waals surface area (Å²) in [5, 5.41) is 0.592. The lowest BCUT2D eigenvalue weighted by Crippen LogP contribution is -2.37. The molecule has 1 fully saturated rings. The third-order valence-electron chi connectivity index (χ3n) is 7.03. The summed E-state index contributed by atoms with van der Waals surface area (Å²) in [5.74, 6) is -0.0862. The average molecular weight is 614 g/mol. The number of hydrogen-bond acceptors (Lipinski definition) is 4. The molecule has 0 aliphatic carbocycles. The van der Waals surface area contributed by atoms with Gasteiger partial charge in [0.1, 0.15) is 0 Å². The first-order valence-electron chi connectivity index (χ1n) is 14.4.